The topological polar surface area (TPSA) is 41.5 Å². The second-order valence-electron chi connectivity index (χ2n) is 4.98. The average Bonchev–Trinajstić information content (AvgIpc) is 2.36. The zero-order valence-corrected chi connectivity index (χ0v) is 11.2. The largest absolute Gasteiger partial charge is 0.492 e. The number of nitrogens with one attached hydrogen (secondary N) is 1. The van der Waals surface area contributed by atoms with Crippen LogP contribution in [0.25, 0.3) is 0 Å². The zero-order chi connectivity index (χ0) is 12.9. The second-order valence-corrected chi connectivity index (χ2v) is 4.98. The fourth-order valence-electron chi connectivity index (χ4n) is 1.40. The molecule has 96 valence electrons. The molecule has 2 N–H and O–H groups in total. The molecule has 0 saturated carbocycles. The lowest BCUT2D eigenvalue weighted by molar-refractivity contribution is 0.122. The van der Waals surface area contributed by atoms with E-state index >= 15 is 0 Å². The molecule has 1 aromatic rings. The molecule has 0 heterocycles. The van der Waals surface area contributed by atoms with Gasteiger partial charge in [0.15, 0.2) is 0 Å². The van der Waals surface area contributed by atoms with Crippen LogP contribution < -0.4 is 10.1 Å². The third kappa shape index (κ3) is 4.02. The summed E-state index contributed by atoms with van der Waals surface area (Å²) in [4.78, 5) is 0. The van der Waals surface area contributed by atoms with Gasteiger partial charge in [0, 0.05) is 0 Å². The molecule has 0 radical (unpaired) electrons. The molecule has 3 nitrogen and oxygen atoms in total. The molecule has 0 bridgehead atoms. The van der Waals surface area contributed by atoms with Crippen LogP contribution in [0.3, 0.4) is 0 Å². The monoisotopic (exact) mass is 237 g/mol. The zero-order valence-electron chi connectivity index (χ0n) is 11.2. The molecule has 0 aliphatic carbocycles. The predicted octanol–water partition coefficient (Wildman–Crippen LogP) is 2.16. The van der Waals surface area contributed by atoms with Gasteiger partial charge in [-0.25, -0.2) is 0 Å². The van der Waals surface area contributed by atoms with E-state index in [1.807, 2.05) is 26.1 Å². The lowest BCUT2D eigenvalue weighted by Crippen LogP contribution is -2.48. The van der Waals surface area contributed by atoms with E-state index in [0.29, 0.717) is 12.5 Å². The molecule has 1 unspecified atom stereocenters. The van der Waals surface area contributed by atoms with Gasteiger partial charge in [-0.3, -0.25) is 0 Å². The van der Waals surface area contributed by atoms with Gasteiger partial charge in [0.1, 0.15) is 12.4 Å². The number of aliphatic hydroxyl groups excluding tert-OH is 1. The molecular weight excluding hydrogens is 214 g/mol. The van der Waals surface area contributed by atoms with E-state index in [9.17, 15) is 5.11 Å². The van der Waals surface area contributed by atoms with Gasteiger partial charge in [0.25, 0.3) is 0 Å². The molecule has 17 heavy (non-hydrogen) atoms. The summed E-state index contributed by atoms with van der Waals surface area (Å²) in [6.07, 6.45) is 0. The molecule has 1 atom stereocenters. The molecule has 0 aromatic heterocycles. The highest BCUT2D eigenvalue weighted by Crippen LogP contribution is 2.20. The summed E-state index contributed by atoms with van der Waals surface area (Å²) in [5, 5.41) is 12.3. The number of rotatable bonds is 6. The highest BCUT2D eigenvalue weighted by atomic mass is 16.5. The summed E-state index contributed by atoms with van der Waals surface area (Å²) in [5.41, 5.74) is 0.867. The summed E-state index contributed by atoms with van der Waals surface area (Å²) in [7, 11) is 1.82. The Morgan fingerprint density at radius 1 is 1.41 bits per heavy atom. The van der Waals surface area contributed by atoms with Crippen molar-refractivity contribution in [2.45, 2.75) is 32.2 Å². The average molecular weight is 237 g/mol. The summed E-state index contributed by atoms with van der Waals surface area (Å²) < 4.78 is 5.72. The minimum Gasteiger partial charge on any atom is -0.492 e. The van der Waals surface area contributed by atoms with E-state index in [-0.39, 0.29) is 6.61 Å². The Hall–Kier alpha value is -1.06. The highest BCUT2D eigenvalue weighted by molar-refractivity contribution is 5.30. The van der Waals surface area contributed by atoms with Crippen LogP contribution in [0.5, 0.6) is 5.75 Å². The smallest absolute Gasteiger partial charge is 0.119 e. The van der Waals surface area contributed by atoms with Gasteiger partial charge in [-0.2, -0.15) is 0 Å². The summed E-state index contributed by atoms with van der Waals surface area (Å²) in [6, 6.07) is 8.10. The van der Waals surface area contributed by atoms with Crippen molar-refractivity contribution in [1.29, 1.82) is 0 Å². The lowest BCUT2D eigenvalue weighted by atomic mass is 10.0. The Bertz CT molecular complexity index is 346. The normalized spacial score (nSPS) is 14.7. The van der Waals surface area contributed by atoms with Crippen LogP contribution in [-0.2, 0) is 0 Å². The summed E-state index contributed by atoms with van der Waals surface area (Å²) in [6.45, 7) is 6.74. The molecule has 0 saturated heterocycles. The predicted molar refractivity (Wildman–Crippen MR) is 70.6 cm³/mol. The van der Waals surface area contributed by atoms with Gasteiger partial charge in [0.05, 0.1) is 12.1 Å². The van der Waals surface area contributed by atoms with E-state index in [2.05, 4.69) is 31.3 Å². The van der Waals surface area contributed by atoms with Gasteiger partial charge in [-0.1, -0.05) is 26.0 Å². The second kappa shape index (κ2) is 6.03. The van der Waals surface area contributed by atoms with Crippen LogP contribution >= 0.6 is 0 Å². The maximum absolute atomic E-state index is 9.26. The Morgan fingerprint density at radius 3 is 2.65 bits per heavy atom. The van der Waals surface area contributed by atoms with Crippen LogP contribution in [0.15, 0.2) is 24.3 Å². The van der Waals surface area contributed by atoms with Gasteiger partial charge >= 0.3 is 0 Å². The van der Waals surface area contributed by atoms with Crippen molar-refractivity contribution < 1.29 is 9.84 Å². The Morgan fingerprint density at radius 2 is 2.12 bits per heavy atom. The van der Waals surface area contributed by atoms with Gasteiger partial charge in [-0.05, 0) is 37.6 Å². The van der Waals surface area contributed by atoms with Crippen molar-refractivity contribution >= 4 is 0 Å². The van der Waals surface area contributed by atoms with Crippen LogP contribution in [0.1, 0.15) is 32.3 Å². The van der Waals surface area contributed by atoms with Crippen LogP contribution in [-0.4, -0.2) is 30.9 Å². The summed E-state index contributed by atoms with van der Waals surface area (Å²) in [5.74, 6) is 1.35. The minimum absolute atomic E-state index is 0.0490. The fourth-order valence-corrected chi connectivity index (χ4v) is 1.40. The van der Waals surface area contributed by atoms with Gasteiger partial charge in [-0.15, -0.1) is 0 Å². The molecule has 1 aromatic carbocycles. The molecule has 3 heteroatoms. The first-order valence-electron chi connectivity index (χ1n) is 6.03. The fraction of sp³-hybridized carbons (Fsp3) is 0.571. The van der Waals surface area contributed by atoms with E-state index in [1.54, 1.807) is 0 Å². The molecule has 0 aliphatic heterocycles. The van der Waals surface area contributed by atoms with Crippen LogP contribution in [0.4, 0.5) is 0 Å². The van der Waals surface area contributed by atoms with E-state index in [4.69, 9.17) is 4.74 Å². The third-order valence-electron chi connectivity index (χ3n) is 3.03. The molecule has 1 rings (SSSR count). The SMILES string of the molecule is CNC(C)(CO)COc1cccc(C(C)C)c1. The molecule has 0 aliphatic rings. The van der Waals surface area contributed by atoms with Crippen molar-refractivity contribution in [3.8, 4) is 5.75 Å². The lowest BCUT2D eigenvalue weighted by Gasteiger charge is -2.26. The van der Waals surface area contributed by atoms with Crippen molar-refractivity contribution in [3.05, 3.63) is 29.8 Å². The first-order chi connectivity index (χ1) is 8.00. The summed E-state index contributed by atoms with van der Waals surface area (Å²) >= 11 is 0. The standard InChI is InChI=1S/C14H23NO2/c1-11(2)12-6-5-7-13(8-12)17-10-14(3,9-16)15-4/h5-8,11,15-16H,9-10H2,1-4H3. The Balaban J connectivity index is 2.66. The molecule has 0 spiro atoms. The number of aliphatic hydroxyl groups is 1. The van der Waals surface area contributed by atoms with Crippen molar-refractivity contribution in [2.24, 2.45) is 0 Å². The Labute approximate surface area is 104 Å². The number of hydrogen-bond acceptors (Lipinski definition) is 3. The minimum atomic E-state index is -0.395. The van der Waals surface area contributed by atoms with Crippen molar-refractivity contribution in [2.75, 3.05) is 20.3 Å². The van der Waals surface area contributed by atoms with Gasteiger partial charge in [0.2, 0.25) is 0 Å². The highest BCUT2D eigenvalue weighted by Gasteiger charge is 2.21. The van der Waals surface area contributed by atoms with Crippen LogP contribution in [0, 0.1) is 0 Å². The maximum atomic E-state index is 9.26. The first kappa shape index (κ1) is 14.0. The maximum Gasteiger partial charge on any atom is 0.119 e. The number of benzene rings is 1. The number of likely N-dealkylation sites (N-methyl/N-ethyl adjacent to an activating group) is 1. The van der Waals surface area contributed by atoms with Gasteiger partial charge < -0.3 is 15.2 Å². The number of hydrogen-bond donors (Lipinski definition) is 2. The quantitative estimate of drug-likeness (QED) is 0.796. The van der Waals surface area contributed by atoms with E-state index in [1.165, 1.54) is 5.56 Å². The van der Waals surface area contributed by atoms with Crippen LogP contribution in [0.2, 0.25) is 0 Å². The number of ether oxygens (including phenoxy) is 1. The molecular formula is C14H23NO2. The first-order valence-corrected chi connectivity index (χ1v) is 6.03. The van der Waals surface area contributed by atoms with Crippen molar-refractivity contribution in [3.63, 3.8) is 0 Å². The molecule has 0 fully saturated rings. The Kier molecular flexibility index (Phi) is 4.97. The third-order valence-corrected chi connectivity index (χ3v) is 3.03. The van der Waals surface area contributed by atoms with Crippen molar-refractivity contribution in [1.82, 2.24) is 5.32 Å². The van der Waals surface area contributed by atoms with E-state index in [0.717, 1.165) is 5.75 Å². The molecule has 0 amide bonds. The van der Waals surface area contributed by atoms with E-state index < -0.39 is 5.54 Å².